The monoisotopic (exact) mass is 334 g/mol. The van der Waals surface area contributed by atoms with Gasteiger partial charge >= 0.3 is 0 Å². The Labute approximate surface area is 147 Å². The van der Waals surface area contributed by atoms with Gasteiger partial charge in [-0.1, -0.05) is 29.8 Å². The van der Waals surface area contributed by atoms with Gasteiger partial charge in [0.05, 0.1) is 0 Å². The maximum Gasteiger partial charge on any atom is 0.191 e. The number of carbonyl (C=O) groups is 1. The fourth-order valence-electron chi connectivity index (χ4n) is 2.99. The number of ether oxygens (including phenoxy) is 1. The lowest BCUT2D eigenvalue weighted by atomic mass is 10.1. The van der Waals surface area contributed by atoms with E-state index < -0.39 is 0 Å². The summed E-state index contributed by atoms with van der Waals surface area (Å²) in [5.41, 5.74) is 5.32. The highest BCUT2D eigenvalue weighted by Crippen LogP contribution is 2.24. The number of rotatable bonds is 6. The Hall–Kier alpha value is -2.88. The van der Waals surface area contributed by atoms with Crippen LogP contribution in [0, 0.1) is 20.8 Å². The van der Waals surface area contributed by atoms with E-state index in [4.69, 9.17) is 4.74 Å². The van der Waals surface area contributed by atoms with Gasteiger partial charge in [0.15, 0.2) is 5.78 Å². The quantitative estimate of drug-likeness (QED) is 0.688. The van der Waals surface area contributed by atoms with E-state index in [0.29, 0.717) is 0 Å². The topological polar surface area (TPSA) is 54.4 Å². The van der Waals surface area contributed by atoms with Gasteiger partial charge in [-0.05, 0) is 55.0 Å². The van der Waals surface area contributed by atoms with Crippen molar-refractivity contribution < 1.29 is 9.53 Å². The van der Waals surface area contributed by atoms with Gasteiger partial charge in [-0.3, -0.25) is 9.79 Å². The molecule has 4 nitrogen and oxygen atoms in total. The molecule has 0 bridgehead atoms. The molecule has 0 radical (unpaired) electrons. The molecule has 0 unspecified atom stereocenters. The molecular weight excluding hydrogens is 312 g/mol. The Morgan fingerprint density at radius 3 is 2.64 bits per heavy atom. The lowest BCUT2D eigenvalue weighted by Crippen LogP contribution is -2.15. The van der Waals surface area contributed by atoms with E-state index in [0.717, 1.165) is 33.3 Å². The van der Waals surface area contributed by atoms with Gasteiger partial charge in [-0.15, -0.1) is 0 Å². The van der Waals surface area contributed by atoms with E-state index in [-0.39, 0.29) is 18.9 Å². The van der Waals surface area contributed by atoms with Crippen LogP contribution in [0.3, 0.4) is 0 Å². The van der Waals surface area contributed by atoms with Crippen LogP contribution in [0.15, 0.2) is 47.6 Å². The molecule has 0 fully saturated rings. The normalized spacial score (nSPS) is 11.3. The number of nitrogens with one attached hydrogen (secondary N) is 1. The number of hydrogen-bond acceptors (Lipinski definition) is 3. The van der Waals surface area contributed by atoms with Gasteiger partial charge in [0.1, 0.15) is 18.9 Å². The number of aliphatic imine (C=N–C) groups is 1. The Kier molecular flexibility index (Phi) is 4.98. The minimum atomic E-state index is -0.0448. The van der Waals surface area contributed by atoms with E-state index in [1.54, 1.807) is 6.21 Å². The maximum atomic E-state index is 12.0. The van der Waals surface area contributed by atoms with Crippen molar-refractivity contribution in [3.8, 4) is 5.75 Å². The second kappa shape index (κ2) is 7.34. The fourth-order valence-corrected chi connectivity index (χ4v) is 2.99. The van der Waals surface area contributed by atoms with Crippen molar-refractivity contribution >= 4 is 22.9 Å². The molecule has 0 aliphatic heterocycles. The van der Waals surface area contributed by atoms with E-state index in [1.807, 2.05) is 51.2 Å². The average molecular weight is 334 g/mol. The third-order valence-corrected chi connectivity index (χ3v) is 4.07. The number of carbonyl (C=O) groups excluding carboxylic acids is 1. The van der Waals surface area contributed by atoms with Crippen LogP contribution in [-0.4, -0.2) is 30.1 Å². The lowest BCUT2D eigenvalue weighted by Gasteiger charge is -2.12. The van der Waals surface area contributed by atoms with Gasteiger partial charge in [0.2, 0.25) is 0 Å². The van der Waals surface area contributed by atoms with Crippen molar-refractivity contribution in [3.63, 3.8) is 0 Å². The predicted molar refractivity (Wildman–Crippen MR) is 102 cm³/mol. The Balaban J connectivity index is 1.56. The highest BCUT2D eigenvalue weighted by Gasteiger charge is 2.08. The second-order valence-corrected chi connectivity index (χ2v) is 6.35. The third kappa shape index (κ3) is 4.15. The second-order valence-electron chi connectivity index (χ2n) is 6.35. The zero-order valence-corrected chi connectivity index (χ0v) is 14.8. The van der Waals surface area contributed by atoms with Crippen molar-refractivity contribution in [1.29, 1.82) is 0 Å². The Morgan fingerprint density at radius 1 is 1.12 bits per heavy atom. The third-order valence-electron chi connectivity index (χ3n) is 4.07. The minimum Gasteiger partial charge on any atom is -0.485 e. The molecule has 1 heterocycles. The van der Waals surface area contributed by atoms with Gasteiger partial charge in [0.25, 0.3) is 0 Å². The molecule has 0 saturated carbocycles. The zero-order chi connectivity index (χ0) is 17.8. The minimum absolute atomic E-state index is 0.0394. The van der Waals surface area contributed by atoms with Crippen LogP contribution in [0.2, 0.25) is 0 Å². The van der Waals surface area contributed by atoms with Crippen molar-refractivity contribution in [2.75, 3.05) is 13.2 Å². The summed E-state index contributed by atoms with van der Waals surface area (Å²) in [5.74, 6) is 0.747. The van der Waals surface area contributed by atoms with Gasteiger partial charge in [-0.2, -0.15) is 0 Å². The molecule has 128 valence electrons. The number of fused-ring (bicyclic) bond motifs is 1. The number of ketones is 1. The first kappa shape index (κ1) is 17.0. The van der Waals surface area contributed by atoms with Crippen LogP contribution >= 0.6 is 0 Å². The summed E-state index contributed by atoms with van der Waals surface area (Å²) in [6, 6.07) is 12.2. The van der Waals surface area contributed by atoms with Crippen LogP contribution < -0.4 is 4.74 Å². The summed E-state index contributed by atoms with van der Waals surface area (Å²) in [4.78, 5) is 19.4. The van der Waals surface area contributed by atoms with Gasteiger partial charge < -0.3 is 9.72 Å². The highest BCUT2D eigenvalue weighted by molar-refractivity contribution is 5.90. The van der Waals surface area contributed by atoms with Crippen molar-refractivity contribution in [3.05, 3.63) is 64.8 Å². The molecule has 1 N–H and O–H groups in total. The molecule has 3 aromatic rings. The zero-order valence-electron chi connectivity index (χ0n) is 14.8. The summed E-state index contributed by atoms with van der Waals surface area (Å²) < 4.78 is 5.71. The Morgan fingerprint density at radius 2 is 1.88 bits per heavy atom. The first-order chi connectivity index (χ1) is 12.0. The summed E-state index contributed by atoms with van der Waals surface area (Å²) in [5, 5.41) is 1.16. The molecule has 4 heteroatoms. The smallest absolute Gasteiger partial charge is 0.191 e. The predicted octanol–water partition coefficient (Wildman–Crippen LogP) is 4.16. The number of Topliss-reactive ketones (excluding diaryl/α,β-unsaturated/α-hetero) is 1. The molecular formula is C21H22N2O2. The Bertz CT molecular complexity index is 915. The van der Waals surface area contributed by atoms with Crippen molar-refractivity contribution in [2.45, 2.75) is 20.8 Å². The number of hydrogen-bond donors (Lipinski definition) is 1. The molecule has 0 atom stereocenters. The summed E-state index contributed by atoms with van der Waals surface area (Å²) in [6.45, 7) is 6.20. The largest absolute Gasteiger partial charge is 0.485 e. The van der Waals surface area contributed by atoms with Crippen LogP contribution in [-0.2, 0) is 4.79 Å². The van der Waals surface area contributed by atoms with Crippen molar-refractivity contribution in [1.82, 2.24) is 4.98 Å². The fraction of sp³-hybridized carbons (Fsp3) is 0.238. The van der Waals surface area contributed by atoms with E-state index in [9.17, 15) is 4.79 Å². The van der Waals surface area contributed by atoms with Crippen molar-refractivity contribution in [2.24, 2.45) is 4.99 Å². The van der Waals surface area contributed by atoms with Crippen LogP contribution in [0.25, 0.3) is 10.9 Å². The van der Waals surface area contributed by atoms with E-state index in [1.165, 1.54) is 5.56 Å². The molecule has 3 rings (SSSR count). The lowest BCUT2D eigenvalue weighted by molar-refractivity contribution is -0.119. The standard InChI is InChI=1S/C21H22N2O2/c1-14-8-15(2)21(16(3)9-14)25-13-19(24)12-22-11-17-4-5-18-6-7-23-20(18)10-17/h4-11,23H,12-13H2,1-3H3. The number of benzene rings is 2. The van der Waals surface area contributed by atoms with Crippen LogP contribution in [0.4, 0.5) is 0 Å². The first-order valence-corrected chi connectivity index (χ1v) is 8.32. The molecule has 1 aromatic heterocycles. The first-order valence-electron chi connectivity index (χ1n) is 8.32. The molecule has 0 amide bonds. The van der Waals surface area contributed by atoms with Crippen LogP contribution in [0.5, 0.6) is 5.75 Å². The molecule has 2 aromatic carbocycles. The number of aryl methyl sites for hydroxylation is 3. The number of aromatic nitrogens is 1. The summed E-state index contributed by atoms with van der Waals surface area (Å²) >= 11 is 0. The molecule has 0 spiro atoms. The average Bonchev–Trinajstić information content (AvgIpc) is 3.01. The van der Waals surface area contributed by atoms with Crippen LogP contribution in [0.1, 0.15) is 22.3 Å². The number of aromatic amines is 1. The van der Waals surface area contributed by atoms with E-state index >= 15 is 0 Å². The molecule has 25 heavy (non-hydrogen) atoms. The van der Waals surface area contributed by atoms with E-state index in [2.05, 4.69) is 22.1 Å². The number of H-pyrrole nitrogens is 1. The van der Waals surface area contributed by atoms with Gasteiger partial charge in [-0.25, -0.2) is 0 Å². The SMILES string of the molecule is Cc1cc(C)c(OCC(=O)CN=Cc2ccc3cc[nH]c3c2)c(C)c1. The summed E-state index contributed by atoms with van der Waals surface area (Å²) in [6.07, 6.45) is 3.63. The van der Waals surface area contributed by atoms with Gasteiger partial charge in [0, 0.05) is 17.9 Å². The summed E-state index contributed by atoms with van der Waals surface area (Å²) in [7, 11) is 0. The highest BCUT2D eigenvalue weighted by atomic mass is 16.5. The number of nitrogens with zero attached hydrogens (tertiary/aromatic N) is 1. The molecule has 0 aliphatic carbocycles. The maximum absolute atomic E-state index is 12.0. The molecule has 0 aliphatic rings. The molecule has 0 saturated heterocycles.